The molecule has 0 aliphatic rings. The lowest BCUT2D eigenvalue weighted by Gasteiger charge is -2.19. The third-order valence-electron chi connectivity index (χ3n) is 1.27. The number of hydrogen-bond acceptors (Lipinski definition) is 4. The number of esters is 1. The van der Waals surface area contributed by atoms with Gasteiger partial charge < -0.3 is 9.47 Å². The average Bonchev–Trinajstić information content (AvgIpc) is 2.08. The van der Waals surface area contributed by atoms with Crippen molar-refractivity contribution in [2.75, 3.05) is 19.8 Å². The summed E-state index contributed by atoms with van der Waals surface area (Å²) in [6.07, 6.45) is 0.216. The predicted octanol–water partition coefficient (Wildman–Crippen LogP) is 2.05. The van der Waals surface area contributed by atoms with Crippen LogP contribution < -0.4 is 0 Å². The fourth-order valence-corrected chi connectivity index (χ4v) is 0.800. The summed E-state index contributed by atoms with van der Waals surface area (Å²) in [6.45, 7) is 6.34. The molecule has 0 N–H and O–H groups in total. The maximum atomic E-state index is 11.2. The summed E-state index contributed by atoms with van der Waals surface area (Å²) in [5.41, 5.74) is 7.51. The molecule has 0 aromatic carbocycles. The number of ether oxygens (including phenoxy) is 2. The highest BCUT2D eigenvalue weighted by Gasteiger charge is 2.15. The Morgan fingerprint density at radius 2 is 2.07 bits per heavy atom. The lowest BCUT2D eigenvalue weighted by atomic mass is 10.2. The Morgan fingerprint density at radius 3 is 2.60 bits per heavy atom. The number of carbonyl (C=O) groups is 1. The normalized spacial score (nSPS) is 10.6. The van der Waals surface area contributed by atoms with Gasteiger partial charge in [0.15, 0.2) is 0 Å². The molecule has 0 bridgehead atoms. The minimum atomic E-state index is -0.456. The first-order chi connectivity index (χ1) is 6.95. The van der Waals surface area contributed by atoms with Crippen LogP contribution in [0.4, 0.5) is 0 Å². The first-order valence-corrected chi connectivity index (χ1v) is 4.76. The van der Waals surface area contributed by atoms with Crippen LogP contribution in [0.2, 0.25) is 0 Å². The fourth-order valence-electron chi connectivity index (χ4n) is 0.800. The van der Waals surface area contributed by atoms with Gasteiger partial charge in [-0.1, -0.05) is 5.11 Å². The summed E-state index contributed by atoms with van der Waals surface area (Å²) in [4.78, 5) is 13.7. The summed E-state index contributed by atoms with van der Waals surface area (Å²) in [5.74, 6) is -0.286. The van der Waals surface area contributed by atoms with Crippen molar-refractivity contribution in [1.82, 2.24) is 0 Å². The standard InChI is InChI=1S/C9H17N3O3/c1-9(2,3)15-8(13)4-6-14-7-5-11-12-10/h4-7H2,1-3H3. The molecule has 0 spiro atoms. The van der Waals surface area contributed by atoms with Crippen molar-refractivity contribution in [3.8, 4) is 0 Å². The van der Waals surface area contributed by atoms with E-state index in [2.05, 4.69) is 10.0 Å². The van der Waals surface area contributed by atoms with Gasteiger partial charge >= 0.3 is 5.97 Å². The molecule has 15 heavy (non-hydrogen) atoms. The predicted molar refractivity (Wildman–Crippen MR) is 55.3 cm³/mol. The zero-order valence-electron chi connectivity index (χ0n) is 9.39. The number of rotatable bonds is 6. The Labute approximate surface area is 89.2 Å². The van der Waals surface area contributed by atoms with E-state index in [1.54, 1.807) is 0 Å². The molecule has 0 unspecified atom stereocenters. The average molecular weight is 215 g/mol. The lowest BCUT2D eigenvalue weighted by molar-refractivity contribution is -0.155. The third-order valence-corrected chi connectivity index (χ3v) is 1.27. The molecule has 0 aromatic heterocycles. The van der Waals surface area contributed by atoms with Gasteiger partial charge in [-0.3, -0.25) is 4.79 Å². The highest BCUT2D eigenvalue weighted by molar-refractivity contribution is 5.69. The second-order valence-corrected chi connectivity index (χ2v) is 3.90. The molecule has 0 aliphatic carbocycles. The maximum Gasteiger partial charge on any atom is 0.308 e. The van der Waals surface area contributed by atoms with Crippen molar-refractivity contribution in [3.63, 3.8) is 0 Å². The highest BCUT2D eigenvalue weighted by atomic mass is 16.6. The molecule has 0 heterocycles. The number of carbonyl (C=O) groups excluding carboxylic acids is 1. The Hall–Kier alpha value is -1.26. The Morgan fingerprint density at radius 1 is 1.40 bits per heavy atom. The molecule has 0 radical (unpaired) electrons. The van der Waals surface area contributed by atoms with Crippen molar-refractivity contribution in [1.29, 1.82) is 0 Å². The van der Waals surface area contributed by atoms with Gasteiger partial charge in [0.1, 0.15) is 5.60 Å². The van der Waals surface area contributed by atoms with Crippen molar-refractivity contribution >= 4 is 5.97 Å². The first kappa shape index (κ1) is 13.7. The summed E-state index contributed by atoms with van der Waals surface area (Å²) < 4.78 is 10.1. The summed E-state index contributed by atoms with van der Waals surface area (Å²) in [7, 11) is 0. The number of hydrogen-bond donors (Lipinski definition) is 0. The first-order valence-electron chi connectivity index (χ1n) is 4.76. The van der Waals surface area contributed by atoms with E-state index in [0.29, 0.717) is 6.61 Å². The van der Waals surface area contributed by atoms with Crippen molar-refractivity contribution in [2.45, 2.75) is 32.8 Å². The molecule has 0 amide bonds. The van der Waals surface area contributed by atoms with E-state index in [-0.39, 0.29) is 25.5 Å². The molecule has 0 fully saturated rings. The van der Waals surface area contributed by atoms with Crippen molar-refractivity contribution in [3.05, 3.63) is 10.4 Å². The quantitative estimate of drug-likeness (QED) is 0.223. The molecule has 0 aromatic rings. The monoisotopic (exact) mass is 215 g/mol. The Kier molecular flexibility index (Phi) is 6.49. The molecule has 0 rings (SSSR count). The van der Waals surface area contributed by atoms with E-state index in [9.17, 15) is 4.79 Å². The van der Waals surface area contributed by atoms with Gasteiger partial charge in [0.25, 0.3) is 0 Å². The molecule has 6 heteroatoms. The van der Waals surface area contributed by atoms with E-state index in [0.717, 1.165) is 0 Å². The maximum absolute atomic E-state index is 11.2. The molecule has 0 saturated carbocycles. The van der Waals surface area contributed by atoms with Crippen LogP contribution in [-0.4, -0.2) is 31.3 Å². The minimum Gasteiger partial charge on any atom is -0.460 e. The summed E-state index contributed by atoms with van der Waals surface area (Å²) in [5, 5.41) is 3.29. The number of azide groups is 1. The van der Waals surface area contributed by atoms with Crippen molar-refractivity contribution < 1.29 is 14.3 Å². The van der Waals surface area contributed by atoms with Crippen LogP contribution in [0, 0.1) is 0 Å². The van der Waals surface area contributed by atoms with Gasteiger partial charge in [0.2, 0.25) is 0 Å². The molecular weight excluding hydrogens is 198 g/mol. The van der Waals surface area contributed by atoms with Gasteiger partial charge in [-0.2, -0.15) is 0 Å². The van der Waals surface area contributed by atoms with Crippen molar-refractivity contribution in [2.24, 2.45) is 5.11 Å². The van der Waals surface area contributed by atoms with Crippen LogP contribution in [0.3, 0.4) is 0 Å². The van der Waals surface area contributed by atoms with Gasteiger partial charge in [-0.25, -0.2) is 0 Å². The smallest absolute Gasteiger partial charge is 0.308 e. The molecule has 86 valence electrons. The summed E-state index contributed by atoms with van der Waals surface area (Å²) in [6, 6.07) is 0. The number of nitrogens with zero attached hydrogens (tertiary/aromatic N) is 3. The molecular formula is C9H17N3O3. The van der Waals surface area contributed by atoms with Crippen LogP contribution in [-0.2, 0) is 14.3 Å². The van der Waals surface area contributed by atoms with E-state index < -0.39 is 5.60 Å². The van der Waals surface area contributed by atoms with Crippen LogP contribution in [0.1, 0.15) is 27.2 Å². The largest absolute Gasteiger partial charge is 0.460 e. The SMILES string of the molecule is CC(C)(C)OC(=O)CCOCCN=[N+]=[N-]. The van der Waals surface area contributed by atoms with E-state index in [1.165, 1.54) is 0 Å². The lowest BCUT2D eigenvalue weighted by Crippen LogP contribution is -2.24. The van der Waals surface area contributed by atoms with Gasteiger partial charge in [-0.15, -0.1) is 0 Å². The van der Waals surface area contributed by atoms with Gasteiger partial charge in [-0.05, 0) is 26.3 Å². The van der Waals surface area contributed by atoms with Crippen LogP contribution >= 0.6 is 0 Å². The minimum absolute atomic E-state index is 0.216. The van der Waals surface area contributed by atoms with Gasteiger partial charge in [0, 0.05) is 11.5 Å². The van der Waals surface area contributed by atoms with E-state index in [4.69, 9.17) is 15.0 Å². The Bertz CT molecular complexity index is 241. The topological polar surface area (TPSA) is 84.3 Å². The molecule has 0 aliphatic heterocycles. The molecule has 6 nitrogen and oxygen atoms in total. The third kappa shape index (κ3) is 10.7. The van der Waals surface area contributed by atoms with E-state index in [1.807, 2.05) is 20.8 Å². The zero-order valence-corrected chi connectivity index (χ0v) is 9.39. The zero-order chi connectivity index (χ0) is 11.7. The molecule has 0 saturated heterocycles. The highest BCUT2D eigenvalue weighted by Crippen LogP contribution is 2.07. The van der Waals surface area contributed by atoms with E-state index >= 15 is 0 Å². The fraction of sp³-hybridized carbons (Fsp3) is 0.889. The second kappa shape index (κ2) is 7.09. The van der Waals surface area contributed by atoms with Crippen LogP contribution in [0.5, 0.6) is 0 Å². The second-order valence-electron chi connectivity index (χ2n) is 3.90. The van der Waals surface area contributed by atoms with Crippen LogP contribution in [0.25, 0.3) is 10.4 Å². The molecule has 0 atom stereocenters. The Balaban J connectivity index is 3.43. The summed E-state index contributed by atoms with van der Waals surface area (Å²) >= 11 is 0. The van der Waals surface area contributed by atoms with Crippen LogP contribution in [0.15, 0.2) is 5.11 Å². The van der Waals surface area contributed by atoms with Gasteiger partial charge in [0.05, 0.1) is 19.6 Å².